The van der Waals surface area contributed by atoms with Gasteiger partial charge in [-0.15, -0.1) is 0 Å². The van der Waals surface area contributed by atoms with Crippen molar-refractivity contribution in [3.63, 3.8) is 0 Å². The number of carbonyl (C=O) groups excluding carboxylic acids is 1. The molecule has 5 nitrogen and oxygen atoms in total. The predicted octanol–water partition coefficient (Wildman–Crippen LogP) is 0.681. The first-order valence-electron chi connectivity index (χ1n) is 7.20. The highest BCUT2D eigenvalue weighted by Gasteiger charge is 2.38. The zero-order valence-electron chi connectivity index (χ0n) is 12.1. The van der Waals surface area contributed by atoms with E-state index < -0.39 is 5.54 Å². The molecule has 1 saturated carbocycles. The van der Waals surface area contributed by atoms with E-state index in [0.29, 0.717) is 18.9 Å². The molecular weight excluding hydrogens is 252 g/mol. The van der Waals surface area contributed by atoms with Gasteiger partial charge in [0.1, 0.15) is 0 Å². The molecule has 0 aliphatic heterocycles. The fourth-order valence-corrected chi connectivity index (χ4v) is 2.90. The van der Waals surface area contributed by atoms with Gasteiger partial charge in [0.15, 0.2) is 0 Å². The first-order valence-corrected chi connectivity index (χ1v) is 7.20. The van der Waals surface area contributed by atoms with Gasteiger partial charge in [-0.2, -0.15) is 0 Å². The molecular formula is C15H24N4O. The molecule has 1 fully saturated rings. The summed E-state index contributed by atoms with van der Waals surface area (Å²) >= 11 is 0. The van der Waals surface area contributed by atoms with Crippen LogP contribution < -0.4 is 11.5 Å². The summed E-state index contributed by atoms with van der Waals surface area (Å²) in [6.45, 7) is 0.913. The summed E-state index contributed by atoms with van der Waals surface area (Å²) in [5, 5.41) is 0. The van der Waals surface area contributed by atoms with E-state index in [2.05, 4.69) is 16.9 Å². The smallest absolute Gasteiger partial charge is 0.237 e. The lowest BCUT2D eigenvalue weighted by atomic mass is 9.78. The molecule has 0 aromatic carbocycles. The van der Waals surface area contributed by atoms with Crippen molar-refractivity contribution in [2.45, 2.75) is 43.7 Å². The van der Waals surface area contributed by atoms with E-state index in [9.17, 15) is 4.79 Å². The molecule has 2 rings (SSSR count). The predicted molar refractivity (Wildman–Crippen MR) is 78.9 cm³/mol. The summed E-state index contributed by atoms with van der Waals surface area (Å²) in [7, 11) is 2.08. The molecule has 0 bridgehead atoms. The van der Waals surface area contributed by atoms with E-state index in [1.807, 2.05) is 24.4 Å². The van der Waals surface area contributed by atoms with Gasteiger partial charge in [-0.1, -0.05) is 6.07 Å². The molecule has 1 aliphatic rings. The lowest BCUT2D eigenvalue weighted by molar-refractivity contribution is -0.125. The zero-order chi connectivity index (χ0) is 14.6. The fraction of sp³-hybridized carbons (Fsp3) is 0.600. The summed E-state index contributed by atoms with van der Waals surface area (Å²) in [5.74, 6) is -0.375. The molecule has 5 heteroatoms. The van der Waals surface area contributed by atoms with Gasteiger partial charge in [-0.25, -0.2) is 0 Å². The Morgan fingerprint density at radius 3 is 3.00 bits per heavy atom. The Balaban J connectivity index is 1.89. The molecule has 0 saturated heterocycles. The van der Waals surface area contributed by atoms with Gasteiger partial charge in [-0.05, 0) is 44.9 Å². The van der Waals surface area contributed by atoms with Crippen LogP contribution in [0.4, 0.5) is 0 Å². The number of hydrogen-bond donors (Lipinski definition) is 2. The number of likely N-dealkylation sites (N-methyl/N-ethyl adjacent to an activating group) is 1. The van der Waals surface area contributed by atoms with E-state index in [-0.39, 0.29) is 5.91 Å². The molecule has 4 N–H and O–H groups in total. The second-order valence-corrected chi connectivity index (χ2v) is 5.82. The standard InChI is InChI=1S/C15H24N4O/c1-19(10-7-12-5-2-3-9-18-12)13-6-4-8-15(17,11-13)14(16)20/h2-3,5,9,13H,4,6-8,10-11,17H2,1H3,(H2,16,20). The van der Waals surface area contributed by atoms with Crippen molar-refractivity contribution in [2.24, 2.45) is 11.5 Å². The first-order chi connectivity index (χ1) is 9.51. The van der Waals surface area contributed by atoms with Crippen molar-refractivity contribution in [2.75, 3.05) is 13.6 Å². The van der Waals surface area contributed by atoms with Gasteiger partial charge in [0.2, 0.25) is 5.91 Å². The average molecular weight is 276 g/mol. The fourth-order valence-electron chi connectivity index (χ4n) is 2.90. The van der Waals surface area contributed by atoms with Crippen molar-refractivity contribution >= 4 is 5.91 Å². The third kappa shape index (κ3) is 3.55. The SMILES string of the molecule is CN(CCc1ccccn1)C1CCCC(N)(C(N)=O)C1. The molecule has 1 aromatic heterocycles. The molecule has 110 valence electrons. The summed E-state index contributed by atoms with van der Waals surface area (Å²) in [6, 6.07) is 6.28. The molecule has 1 aliphatic carbocycles. The molecule has 2 unspecified atom stereocenters. The number of hydrogen-bond acceptors (Lipinski definition) is 4. The maximum atomic E-state index is 11.5. The lowest BCUT2D eigenvalue weighted by Gasteiger charge is -2.39. The molecule has 2 atom stereocenters. The zero-order valence-corrected chi connectivity index (χ0v) is 12.1. The number of rotatable bonds is 5. The Bertz CT molecular complexity index is 450. The second-order valence-electron chi connectivity index (χ2n) is 5.82. The minimum absolute atomic E-state index is 0.324. The highest BCUT2D eigenvalue weighted by molar-refractivity contribution is 5.84. The van der Waals surface area contributed by atoms with Gasteiger partial charge in [-0.3, -0.25) is 9.78 Å². The number of amides is 1. The average Bonchev–Trinajstić information content (AvgIpc) is 2.46. The van der Waals surface area contributed by atoms with Crippen LogP contribution in [0.5, 0.6) is 0 Å². The van der Waals surface area contributed by atoms with Gasteiger partial charge in [0.25, 0.3) is 0 Å². The largest absolute Gasteiger partial charge is 0.368 e. The number of pyridine rings is 1. The summed E-state index contributed by atoms with van der Waals surface area (Å²) in [6.07, 6.45) is 6.10. The lowest BCUT2D eigenvalue weighted by Crippen LogP contribution is -2.58. The minimum atomic E-state index is -0.831. The van der Waals surface area contributed by atoms with Crippen LogP contribution in [0.2, 0.25) is 0 Å². The molecule has 1 amide bonds. The Morgan fingerprint density at radius 2 is 2.35 bits per heavy atom. The van der Waals surface area contributed by atoms with Crippen molar-refractivity contribution in [3.05, 3.63) is 30.1 Å². The molecule has 1 aromatic rings. The quantitative estimate of drug-likeness (QED) is 0.828. The van der Waals surface area contributed by atoms with E-state index >= 15 is 0 Å². The number of carbonyl (C=O) groups is 1. The topological polar surface area (TPSA) is 85.2 Å². The van der Waals surface area contributed by atoms with E-state index in [4.69, 9.17) is 11.5 Å². The summed E-state index contributed by atoms with van der Waals surface area (Å²) in [5.41, 5.74) is 11.8. The van der Waals surface area contributed by atoms with Crippen LogP contribution in [0, 0.1) is 0 Å². The Hall–Kier alpha value is -1.46. The van der Waals surface area contributed by atoms with Crippen LogP contribution in [0.1, 0.15) is 31.4 Å². The number of nitrogens with two attached hydrogens (primary N) is 2. The second kappa shape index (κ2) is 6.33. The molecule has 1 heterocycles. The van der Waals surface area contributed by atoms with E-state index in [0.717, 1.165) is 31.5 Å². The van der Waals surface area contributed by atoms with Gasteiger partial charge in [0, 0.05) is 30.9 Å². The monoisotopic (exact) mass is 276 g/mol. The van der Waals surface area contributed by atoms with Gasteiger partial charge >= 0.3 is 0 Å². The summed E-state index contributed by atoms with van der Waals surface area (Å²) in [4.78, 5) is 18.1. The molecule has 0 spiro atoms. The van der Waals surface area contributed by atoms with Gasteiger partial charge < -0.3 is 16.4 Å². The van der Waals surface area contributed by atoms with Gasteiger partial charge in [0.05, 0.1) is 5.54 Å². The van der Waals surface area contributed by atoms with Crippen LogP contribution in [0.3, 0.4) is 0 Å². The highest BCUT2D eigenvalue weighted by Crippen LogP contribution is 2.28. The van der Waals surface area contributed by atoms with E-state index in [1.54, 1.807) is 0 Å². The number of aromatic nitrogens is 1. The maximum absolute atomic E-state index is 11.5. The normalized spacial score (nSPS) is 26.6. The third-order valence-electron chi connectivity index (χ3n) is 4.32. The minimum Gasteiger partial charge on any atom is -0.368 e. The molecule has 0 radical (unpaired) electrons. The van der Waals surface area contributed by atoms with Crippen LogP contribution >= 0.6 is 0 Å². The Labute approximate surface area is 120 Å². The Kier molecular flexibility index (Phi) is 4.73. The summed E-state index contributed by atoms with van der Waals surface area (Å²) < 4.78 is 0. The van der Waals surface area contributed by atoms with Crippen LogP contribution in [0.15, 0.2) is 24.4 Å². The van der Waals surface area contributed by atoms with Crippen molar-refractivity contribution in [1.29, 1.82) is 0 Å². The first kappa shape index (κ1) is 14.9. The van der Waals surface area contributed by atoms with Crippen molar-refractivity contribution in [3.8, 4) is 0 Å². The van der Waals surface area contributed by atoms with Crippen molar-refractivity contribution < 1.29 is 4.79 Å². The third-order valence-corrected chi connectivity index (χ3v) is 4.32. The highest BCUT2D eigenvalue weighted by atomic mass is 16.1. The van der Waals surface area contributed by atoms with E-state index in [1.165, 1.54) is 0 Å². The Morgan fingerprint density at radius 1 is 1.55 bits per heavy atom. The number of nitrogens with zero attached hydrogens (tertiary/aromatic N) is 2. The maximum Gasteiger partial charge on any atom is 0.237 e. The number of primary amides is 1. The van der Waals surface area contributed by atoms with Crippen LogP contribution in [-0.4, -0.2) is 41.0 Å². The van der Waals surface area contributed by atoms with Crippen molar-refractivity contribution in [1.82, 2.24) is 9.88 Å². The van der Waals surface area contributed by atoms with Crippen LogP contribution in [0.25, 0.3) is 0 Å². The van der Waals surface area contributed by atoms with Crippen LogP contribution in [-0.2, 0) is 11.2 Å². The molecule has 20 heavy (non-hydrogen) atoms.